The number of rotatable bonds is 13. The number of carbonyl (C=O) groups is 6. The van der Waals surface area contributed by atoms with E-state index in [4.69, 9.17) is 21.7 Å². The van der Waals surface area contributed by atoms with Gasteiger partial charge in [0.25, 0.3) is 0 Å². The Kier molecular flexibility index (Phi) is 11.4. The lowest BCUT2D eigenvalue weighted by atomic mass is 10.1. The Morgan fingerprint density at radius 3 is 1.80 bits per heavy atom. The van der Waals surface area contributed by atoms with E-state index in [1.165, 1.54) is 0 Å². The number of hydrogen-bond donors (Lipinski definition) is 9. The fourth-order valence-corrected chi connectivity index (χ4v) is 2.34. The summed E-state index contributed by atoms with van der Waals surface area (Å²) in [5.41, 5.74) is 10.4. The maximum absolute atomic E-state index is 12.4. The summed E-state index contributed by atoms with van der Waals surface area (Å²) in [5, 5.41) is 33.5. The topological polar surface area (TPSA) is 251 Å². The highest BCUT2D eigenvalue weighted by Gasteiger charge is 2.32. The van der Waals surface area contributed by atoms with E-state index in [1.54, 1.807) is 0 Å². The zero-order valence-electron chi connectivity index (χ0n) is 15.9. The molecular weight excluding hydrogens is 426 g/mol. The van der Waals surface area contributed by atoms with Gasteiger partial charge in [0.05, 0.1) is 25.0 Å². The fourth-order valence-electron chi connectivity index (χ4n) is 2.08. The van der Waals surface area contributed by atoms with Gasteiger partial charge in [0.2, 0.25) is 23.6 Å². The van der Waals surface area contributed by atoms with Crippen LogP contribution < -0.4 is 27.4 Å². The number of aliphatic carboxylic acids is 2. The van der Waals surface area contributed by atoms with Crippen LogP contribution in [-0.4, -0.2) is 86.9 Å². The molecule has 0 bridgehead atoms. The zero-order valence-corrected chi connectivity index (χ0v) is 16.8. The molecule has 14 nitrogen and oxygen atoms in total. The van der Waals surface area contributed by atoms with Crippen LogP contribution in [0.4, 0.5) is 0 Å². The van der Waals surface area contributed by atoms with Crippen molar-refractivity contribution in [1.29, 1.82) is 0 Å². The Labute approximate surface area is 176 Å². The van der Waals surface area contributed by atoms with E-state index < -0.39 is 78.7 Å². The van der Waals surface area contributed by atoms with Gasteiger partial charge in [-0.25, -0.2) is 4.79 Å². The van der Waals surface area contributed by atoms with Gasteiger partial charge in [-0.1, -0.05) is 0 Å². The van der Waals surface area contributed by atoms with Crippen molar-refractivity contribution < 1.29 is 44.1 Å². The van der Waals surface area contributed by atoms with Crippen LogP contribution in [0.3, 0.4) is 0 Å². The van der Waals surface area contributed by atoms with Crippen LogP contribution in [0.15, 0.2) is 0 Å². The van der Waals surface area contributed by atoms with E-state index in [0.717, 1.165) is 6.92 Å². The lowest BCUT2D eigenvalue weighted by molar-refractivity contribution is -0.146. The molecule has 0 fully saturated rings. The molecule has 0 aliphatic rings. The van der Waals surface area contributed by atoms with Gasteiger partial charge in [0, 0.05) is 5.75 Å². The number of amides is 4. The molecule has 0 rings (SSSR count). The number of carbonyl (C=O) groups excluding carboxylic acids is 4. The summed E-state index contributed by atoms with van der Waals surface area (Å²) in [6.45, 7) is 1.09. The van der Waals surface area contributed by atoms with Crippen LogP contribution in [0, 0.1) is 0 Å². The zero-order chi connectivity index (χ0) is 23.6. The van der Waals surface area contributed by atoms with Crippen molar-refractivity contribution >= 4 is 48.2 Å². The molecule has 30 heavy (non-hydrogen) atoms. The van der Waals surface area contributed by atoms with Crippen LogP contribution in [0.5, 0.6) is 0 Å². The molecule has 0 spiro atoms. The van der Waals surface area contributed by atoms with Gasteiger partial charge in [-0.05, 0) is 6.92 Å². The van der Waals surface area contributed by atoms with Crippen molar-refractivity contribution in [2.45, 2.75) is 50.0 Å². The molecule has 0 aromatic carbocycles. The van der Waals surface area contributed by atoms with Gasteiger partial charge in [-0.2, -0.15) is 12.6 Å². The standard InChI is InChI=1S/C15H25N5O9S/c1-5(21)11(15(28)29)20-13(26)7(3-10(23)24)18-14(27)8(4-30)19-12(25)6(16)2-9(17)22/h5-8,11,21,30H,2-4,16H2,1H3,(H2,17,22)(H,18,27)(H,19,25)(H,20,26)(H,23,24)(H,28,29). The van der Waals surface area contributed by atoms with Gasteiger partial charge < -0.3 is 42.7 Å². The Hall–Kier alpha value is -2.91. The van der Waals surface area contributed by atoms with Crippen LogP contribution in [0.1, 0.15) is 19.8 Å². The third-order valence-electron chi connectivity index (χ3n) is 3.63. The number of nitrogens with one attached hydrogen (secondary N) is 3. The van der Waals surface area contributed by atoms with Gasteiger partial charge in [-0.15, -0.1) is 0 Å². The van der Waals surface area contributed by atoms with Crippen molar-refractivity contribution in [2.24, 2.45) is 11.5 Å². The van der Waals surface area contributed by atoms with Crippen molar-refractivity contribution in [3.8, 4) is 0 Å². The Bertz CT molecular complexity index is 687. The normalized spacial score (nSPS) is 15.6. The molecule has 5 unspecified atom stereocenters. The van der Waals surface area contributed by atoms with E-state index in [1.807, 2.05) is 5.32 Å². The predicted molar refractivity (Wildman–Crippen MR) is 103 cm³/mol. The first-order valence-corrected chi connectivity index (χ1v) is 9.11. The molecule has 0 aliphatic heterocycles. The number of primary amides is 1. The summed E-state index contributed by atoms with van der Waals surface area (Å²) in [4.78, 5) is 69.4. The maximum Gasteiger partial charge on any atom is 0.328 e. The van der Waals surface area contributed by atoms with E-state index in [-0.39, 0.29) is 5.75 Å². The van der Waals surface area contributed by atoms with Crippen LogP contribution in [0.2, 0.25) is 0 Å². The number of aliphatic hydroxyl groups excluding tert-OH is 1. The lowest BCUT2D eigenvalue weighted by Gasteiger charge is -2.24. The highest BCUT2D eigenvalue weighted by molar-refractivity contribution is 7.80. The summed E-state index contributed by atoms with van der Waals surface area (Å²) >= 11 is 3.89. The smallest absolute Gasteiger partial charge is 0.328 e. The minimum atomic E-state index is -1.75. The first kappa shape index (κ1) is 27.1. The van der Waals surface area contributed by atoms with Crippen LogP contribution in [0.25, 0.3) is 0 Å². The van der Waals surface area contributed by atoms with Crippen molar-refractivity contribution in [3.05, 3.63) is 0 Å². The maximum atomic E-state index is 12.4. The Morgan fingerprint density at radius 2 is 1.40 bits per heavy atom. The molecule has 0 saturated carbocycles. The molecule has 0 heterocycles. The Balaban J connectivity index is 5.28. The van der Waals surface area contributed by atoms with E-state index in [9.17, 15) is 33.9 Å². The minimum Gasteiger partial charge on any atom is -0.481 e. The number of hydrogen-bond acceptors (Lipinski definition) is 9. The van der Waals surface area contributed by atoms with Gasteiger partial charge in [-0.3, -0.25) is 24.0 Å². The molecule has 5 atom stereocenters. The second-order valence-corrected chi connectivity index (χ2v) is 6.61. The molecular formula is C15H25N5O9S. The molecule has 0 aromatic heterocycles. The number of nitrogens with two attached hydrogens (primary N) is 2. The lowest BCUT2D eigenvalue weighted by Crippen LogP contribution is -2.59. The Morgan fingerprint density at radius 1 is 0.900 bits per heavy atom. The first-order valence-electron chi connectivity index (χ1n) is 8.48. The first-order chi connectivity index (χ1) is 13.8. The molecule has 0 aliphatic carbocycles. The monoisotopic (exact) mass is 451 g/mol. The van der Waals surface area contributed by atoms with E-state index in [0.29, 0.717) is 0 Å². The van der Waals surface area contributed by atoms with Crippen LogP contribution >= 0.6 is 12.6 Å². The minimum absolute atomic E-state index is 0.284. The summed E-state index contributed by atoms with van der Waals surface area (Å²) in [6, 6.07) is -6.19. The van der Waals surface area contributed by atoms with Crippen LogP contribution in [-0.2, 0) is 28.8 Å². The van der Waals surface area contributed by atoms with Crippen molar-refractivity contribution in [3.63, 3.8) is 0 Å². The molecule has 0 radical (unpaired) electrons. The SMILES string of the molecule is CC(O)C(NC(=O)C(CC(=O)O)NC(=O)C(CS)NC(=O)C(N)CC(N)=O)C(=O)O. The number of carboxylic acids is 2. The molecule has 170 valence electrons. The summed E-state index contributed by atoms with van der Waals surface area (Å²) in [7, 11) is 0. The van der Waals surface area contributed by atoms with Gasteiger partial charge >= 0.3 is 11.9 Å². The second-order valence-electron chi connectivity index (χ2n) is 6.24. The third kappa shape index (κ3) is 9.53. The molecule has 10 N–H and O–H groups in total. The summed E-state index contributed by atoms with van der Waals surface area (Å²) in [5.74, 6) is -7.33. The predicted octanol–water partition coefficient (Wildman–Crippen LogP) is -4.49. The molecule has 4 amide bonds. The van der Waals surface area contributed by atoms with E-state index in [2.05, 4.69) is 23.3 Å². The molecule has 0 aromatic rings. The summed E-state index contributed by atoms with van der Waals surface area (Å²) < 4.78 is 0. The third-order valence-corrected chi connectivity index (χ3v) is 4.00. The number of thiol groups is 1. The largest absolute Gasteiger partial charge is 0.481 e. The second kappa shape index (κ2) is 12.6. The van der Waals surface area contributed by atoms with Crippen molar-refractivity contribution in [2.75, 3.05) is 5.75 Å². The average molecular weight is 451 g/mol. The number of aliphatic hydroxyl groups is 1. The van der Waals surface area contributed by atoms with E-state index >= 15 is 0 Å². The average Bonchev–Trinajstić information content (AvgIpc) is 2.61. The fraction of sp³-hybridized carbons (Fsp3) is 0.600. The van der Waals surface area contributed by atoms with Gasteiger partial charge in [0.1, 0.15) is 12.1 Å². The van der Waals surface area contributed by atoms with Crippen molar-refractivity contribution in [1.82, 2.24) is 16.0 Å². The molecule has 15 heteroatoms. The summed E-state index contributed by atoms with van der Waals surface area (Å²) in [6.07, 6.45) is -2.92. The highest BCUT2D eigenvalue weighted by Crippen LogP contribution is 2.01. The number of carboxylic acid groups (broad SMARTS) is 2. The van der Waals surface area contributed by atoms with Gasteiger partial charge in [0.15, 0.2) is 6.04 Å². The molecule has 0 saturated heterocycles. The highest BCUT2D eigenvalue weighted by atomic mass is 32.1. The quantitative estimate of drug-likeness (QED) is 0.121.